The first-order valence-electron chi connectivity index (χ1n) is 9.81. The summed E-state index contributed by atoms with van der Waals surface area (Å²) in [5, 5.41) is 6.00. The van der Waals surface area contributed by atoms with Crippen molar-refractivity contribution in [3.8, 4) is 0 Å². The quantitative estimate of drug-likeness (QED) is 0.316. The first kappa shape index (κ1) is 25.8. The Morgan fingerprint density at radius 3 is 2.50 bits per heavy atom. The third kappa shape index (κ3) is 5.47. The molecule has 0 saturated carbocycles. The maximum absolute atomic E-state index is 14.2. The summed E-state index contributed by atoms with van der Waals surface area (Å²) >= 11 is 11.9. The lowest BCUT2D eigenvalue weighted by Gasteiger charge is -2.28. The van der Waals surface area contributed by atoms with Crippen LogP contribution in [-0.4, -0.2) is 44.5 Å². The van der Waals surface area contributed by atoms with Crippen LogP contribution in [0, 0.1) is 0 Å². The van der Waals surface area contributed by atoms with Gasteiger partial charge in [0.05, 0.1) is 5.70 Å². The summed E-state index contributed by atoms with van der Waals surface area (Å²) in [6, 6.07) is 8.26. The molecule has 2 aromatic rings. The fourth-order valence-electron chi connectivity index (χ4n) is 3.42. The molecular weight excluding hydrogens is 496 g/mol. The van der Waals surface area contributed by atoms with Gasteiger partial charge in [0.15, 0.2) is 0 Å². The van der Waals surface area contributed by atoms with E-state index in [1.54, 1.807) is 20.2 Å². The van der Waals surface area contributed by atoms with Crippen molar-refractivity contribution in [3.63, 3.8) is 0 Å². The Morgan fingerprint density at radius 2 is 1.91 bits per heavy atom. The van der Waals surface area contributed by atoms with E-state index in [9.17, 15) is 18.0 Å². The summed E-state index contributed by atoms with van der Waals surface area (Å²) < 4.78 is 42.7. The summed E-state index contributed by atoms with van der Waals surface area (Å²) in [5.74, 6) is -0.452. The summed E-state index contributed by atoms with van der Waals surface area (Å²) in [6.45, 7) is 0.348. The average molecular weight is 517 g/mol. The van der Waals surface area contributed by atoms with Gasteiger partial charge in [-0.15, -0.1) is 0 Å². The van der Waals surface area contributed by atoms with Crippen LogP contribution in [0.25, 0.3) is 5.70 Å². The van der Waals surface area contributed by atoms with Gasteiger partial charge in [-0.1, -0.05) is 34.4 Å². The molecule has 1 atom stereocenters. The average Bonchev–Trinajstić information content (AvgIpc) is 3.20. The molecule has 1 aliphatic rings. The van der Waals surface area contributed by atoms with Crippen LogP contribution in [0.4, 0.5) is 13.2 Å². The molecule has 3 rings (SSSR count). The summed E-state index contributed by atoms with van der Waals surface area (Å²) in [5.41, 5.74) is 0.645. The maximum atomic E-state index is 14.2. The zero-order valence-electron chi connectivity index (χ0n) is 18.3. The Hall–Kier alpha value is -2.79. The number of carbonyl (C=O) groups is 1. The van der Waals surface area contributed by atoms with Gasteiger partial charge in [0, 0.05) is 33.3 Å². The molecule has 34 heavy (non-hydrogen) atoms. The van der Waals surface area contributed by atoms with Gasteiger partial charge in [-0.3, -0.25) is 15.1 Å². The van der Waals surface area contributed by atoms with Crippen molar-refractivity contribution in [1.82, 2.24) is 15.7 Å². The van der Waals surface area contributed by atoms with Crippen LogP contribution < -0.4 is 10.8 Å². The first-order valence-corrected chi connectivity index (χ1v) is 10.6. The molecular formula is C22H21Cl2F3N4O3. The SMILES string of the molecule is CON=CNC(=O)c1ccc(C2=CC(c3cc(Cl)cc(Cl)c3)(C(F)(F)F)ON2)cc1CN(C)C. The van der Waals surface area contributed by atoms with Gasteiger partial charge in [-0.2, -0.15) is 13.2 Å². The molecule has 2 aromatic carbocycles. The standard InChI is InChI=1S/C22H21Cl2F3N4O3/c1-31(2)11-14-6-13(4-5-18(14)20(32)28-12-29-33-3)19-10-21(34-30-19,22(25,26)27)15-7-16(23)9-17(24)8-15/h4-10,12,30H,11H2,1-3H3,(H,28,29,32). The largest absolute Gasteiger partial charge is 0.428 e. The number of hydroxylamine groups is 1. The van der Waals surface area contributed by atoms with Crippen LogP contribution >= 0.6 is 23.2 Å². The van der Waals surface area contributed by atoms with Gasteiger partial charge in [-0.05, 0) is 56.1 Å². The fraction of sp³-hybridized carbons (Fsp3) is 0.273. The third-order valence-electron chi connectivity index (χ3n) is 4.88. The normalized spacial score (nSPS) is 18.2. The zero-order valence-corrected chi connectivity index (χ0v) is 19.8. The van der Waals surface area contributed by atoms with Crippen LogP contribution in [0.1, 0.15) is 27.0 Å². The van der Waals surface area contributed by atoms with Gasteiger partial charge in [-0.25, -0.2) is 0 Å². The molecule has 1 aliphatic heterocycles. The fourth-order valence-corrected chi connectivity index (χ4v) is 3.95. The second kappa shape index (κ2) is 10.2. The minimum absolute atomic E-state index is 0.0391. The topological polar surface area (TPSA) is 75.2 Å². The number of benzene rings is 2. The Labute approximate surface area is 204 Å². The monoisotopic (exact) mass is 516 g/mol. The molecule has 0 saturated heterocycles. The van der Waals surface area contributed by atoms with E-state index in [0.717, 1.165) is 24.5 Å². The number of oxime groups is 1. The number of rotatable bonds is 7. The Morgan fingerprint density at radius 1 is 1.24 bits per heavy atom. The number of nitrogens with one attached hydrogen (secondary N) is 2. The van der Waals surface area contributed by atoms with Crippen LogP contribution in [0.2, 0.25) is 10.0 Å². The van der Waals surface area contributed by atoms with E-state index in [-0.39, 0.29) is 21.3 Å². The molecule has 0 fully saturated rings. The molecule has 0 spiro atoms. The predicted molar refractivity (Wildman–Crippen MR) is 123 cm³/mol. The van der Waals surface area contributed by atoms with E-state index in [0.29, 0.717) is 23.2 Å². The van der Waals surface area contributed by atoms with E-state index in [1.807, 2.05) is 4.90 Å². The molecule has 1 amide bonds. The van der Waals surface area contributed by atoms with E-state index < -0.39 is 17.7 Å². The summed E-state index contributed by atoms with van der Waals surface area (Å²) in [7, 11) is 4.93. The van der Waals surface area contributed by atoms with Crippen molar-refractivity contribution in [2.24, 2.45) is 5.16 Å². The summed E-state index contributed by atoms with van der Waals surface area (Å²) in [4.78, 5) is 24.0. The Kier molecular flexibility index (Phi) is 7.77. The van der Waals surface area contributed by atoms with Gasteiger partial charge in [0.1, 0.15) is 13.4 Å². The lowest BCUT2D eigenvalue weighted by Crippen LogP contribution is -2.42. The number of alkyl halides is 3. The molecule has 0 aliphatic carbocycles. The molecule has 0 aromatic heterocycles. The van der Waals surface area contributed by atoms with Gasteiger partial charge in [0.25, 0.3) is 5.91 Å². The highest BCUT2D eigenvalue weighted by molar-refractivity contribution is 6.34. The highest BCUT2D eigenvalue weighted by atomic mass is 35.5. The molecule has 1 unspecified atom stereocenters. The Bertz CT molecular complexity index is 1120. The molecule has 0 bridgehead atoms. The number of nitrogens with zero attached hydrogens (tertiary/aromatic N) is 2. The maximum Gasteiger partial charge on any atom is 0.428 e. The number of halogens is 5. The van der Waals surface area contributed by atoms with Crippen LogP contribution in [-0.2, 0) is 21.8 Å². The molecule has 0 radical (unpaired) electrons. The van der Waals surface area contributed by atoms with Gasteiger partial charge < -0.3 is 15.1 Å². The predicted octanol–water partition coefficient (Wildman–Crippen LogP) is 4.71. The van der Waals surface area contributed by atoms with Crippen LogP contribution in [0.5, 0.6) is 0 Å². The molecule has 12 heteroatoms. The highest BCUT2D eigenvalue weighted by Crippen LogP contribution is 2.48. The van der Waals surface area contributed by atoms with Crippen molar-refractivity contribution < 1.29 is 27.6 Å². The highest BCUT2D eigenvalue weighted by Gasteiger charge is 2.59. The van der Waals surface area contributed by atoms with Crippen LogP contribution in [0.3, 0.4) is 0 Å². The minimum atomic E-state index is -4.83. The van der Waals surface area contributed by atoms with Crippen LogP contribution in [0.15, 0.2) is 47.6 Å². The summed E-state index contributed by atoms with van der Waals surface area (Å²) in [6.07, 6.45) is -2.81. The van der Waals surface area contributed by atoms with Gasteiger partial charge in [0.2, 0.25) is 5.60 Å². The second-order valence-corrected chi connectivity index (χ2v) is 8.53. The Balaban J connectivity index is 2.06. The molecule has 1 heterocycles. The van der Waals surface area contributed by atoms with E-state index in [4.69, 9.17) is 28.0 Å². The molecule has 182 valence electrons. The minimum Gasteiger partial charge on any atom is -0.398 e. The van der Waals surface area contributed by atoms with Crippen molar-refractivity contribution in [1.29, 1.82) is 0 Å². The number of hydrogen-bond donors (Lipinski definition) is 2. The lowest BCUT2D eigenvalue weighted by atomic mass is 9.91. The molecule has 7 nitrogen and oxygen atoms in total. The van der Waals surface area contributed by atoms with Crippen molar-refractivity contribution >= 4 is 41.1 Å². The zero-order chi connectivity index (χ0) is 25.1. The smallest absolute Gasteiger partial charge is 0.398 e. The second-order valence-electron chi connectivity index (χ2n) is 7.65. The number of amides is 1. The van der Waals surface area contributed by atoms with Crippen molar-refractivity contribution in [2.45, 2.75) is 18.3 Å². The van der Waals surface area contributed by atoms with Crippen molar-refractivity contribution in [3.05, 3.63) is 74.8 Å². The van der Waals surface area contributed by atoms with Gasteiger partial charge >= 0.3 is 6.18 Å². The van der Waals surface area contributed by atoms with Crippen molar-refractivity contribution in [2.75, 3.05) is 21.2 Å². The first-order chi connectivity index (χ1) is 16.0. The van der Waals surface area contributed by atoms with E-state index in [1.165, 1.54) is 25.3 Å². The number of carbonyl (C=O) groups excluding carboxylic acids is 1. The lowest BCUT2D eigenvalue weighted by molar-refractivity contribution is -0.269. The van der Waals surface area contributed by atoms with E-state index in [2.05, 4.69) is 20.8 Å². The van der Waals surface area contributed by atoms with E-state index >= 15 is 0 Å². The molecule has 2 N–H and O–H groups in total. The number of hydrogen-bond acceptors (Lipinski definition) is 6. The third-order valence-corrected chi connectivity index (χ3v) is 5.32.